The van der Waals surface area contributed by atoms with E-state index in [0.29, 0.717) is 16.1 Å². The second kappa shape index (κ2) is 8.60. The van der Waals surface area contributed by atoms with Crippen molar-refractivity contribution < 1.29 is 9.28 Å². The van der Waals surface area contributed by atoms with Crippen LogP contribution < -0.4 is 0 Å². The lowest BCUT2D eigenvalue weighted by Gasteiger charge is -2.39. The first-order valence-corrected chi connectivity index (χ1v) is 11.5. The molecule has 0 saturated carbocycles. The summed E-state index contributed by atoms with van der Waals surface area (Å²) in [7, 11) is 0. The van der Waals surface area contributed by atoms with E-state index in [2.05, 4.69) is 26.8 Å². The van der Waals surface area contributed by atoms with Gasteiger partial charge >= 0.3 is 5.91 Å². The highest BCUT2D eigenvalue weighted by Crippen LogP contribution is 2.30. The molecule has 162 valence electrons. The van der Waals surface area contributed by atoms with Crippen LogP contribution in [0.15, 0.2) is 60.7 Å². The molecule has 0 unspecified atom stereocenters. The molecule has 1 aliphatic heterocycles. The van der Waals surface area contributed by atoms with E-state index in [1.165, 1.54) is 6.42 Å². The highest BCUT2D eigenvalue weighted by molar-refractivity contribution is 6.30. The standard InChI is InChI=1S/C26H31ClN3O/c1-26(2,3)24-18-23(29(28-24)22-14-10-13-21(27)17-22)19-30(15-8-5-9-16-30)25(31)20-11-6-4-7-12-20/h4,6-7,10-14,17-18H,5,8-9,15-16,19H2,1-3H3/q+1. The summed E-state index contributed by atoms with van der Waals surface area (Å²) in [4.78, 5) is 13.8. The van der Waals surface area contributed by atoms with Crippen molar-refractivity contribution in [3.8, 4) is 5.69 Å². The Morgan fingerprint density at radius 2 is 1.71 bits per heavy atom. The van der Waals surface area contributed by atoms with Gasteiger partial charge in [-0.2, -0.15) is 5.10 Å². The zero-order valence-corrected chi connectivity index (χ0v) is 19.4. The normalized spacial score (nSPS) is 16.3. The van der Waals surface area contributed by atoms with Crippen LogP contribution in [0.3, 0.4) is 0 Å². The number of quaternary nitrogens is 1. The van der Waals surface area contributed by atoms with Gasteiger partial charge in [-0.25, -0.2) is 9.48 Å². The third-order valence-electron chi connectivity index (χ3n) is 6.19. The van der Waals surface area contributed by atoms with E-state index in [0.717, 1.165) is 48.6 Å². The molecule has 0 atom stereocenters. The molecule has 1 fully saturated rings. The van der Waals surface area contributed by atoms with Crippen LogP contribution in [0, 0.1) is 0 Å². The Kier molecular flexibility index (Phi) is 6.05. The largest absolute Gasteiger partial charge is 0.346 e. The summed E-state index contributed by atoms with van der Waals surface area (Å²) in [6, 6.07) is 19.7. The zero-order chi connectivity index (χ0) is 22.1. The topological polar surface area (TPSA) is 34.9 Å². The molecule has 3 aromatic rings. The van der Waals surface area contributed by atoms with Crippen LogP contribution in [0.2, 0.25) is 5.02 Å². The maximum Gasteiger partial charge on any atom is 0.346 e. The van der Waals surface area contributed by atoms with E-state index in [-0.39, 0.29) is 11.3 Å². The Morgan fingerprint density at radius 1 is 1.00 bits per heavy atom. The first-order chi connectivity index (χ1) is 14.8. The van der Waals surface area contributed by atoms with Crippen molar-refractivity contribution in [2.75, 3.05) is 13.1 Å². The van der Waals surface area contributed by atoms with Crippen molar-refractivity contribution in [3.63, 3.8) is 0 Å². The first-order valence-electron chi connectivity index (χ1n) is 11.1. The molecule has 0 radical (unpaired) electrons. The Labute approximate surface area is 190 Å². The van der Waals surface area contributed by atoms with Gasteiger partial charge in [-0.15, -0.1) is 0 Å². The molecule has 2 aromatic carbocycles. The van der Waals surface area contributed by atoms with Crippen molar-refractivity contribution in [2.24, 2.45) is 0 Å². The highest BCUT2D eigenvalue weighted by Gasteiger charge is 2.40. The summed E-state index contributed by atoms with van der Waals surface area (Å²) in [5.74, 6) is 0.205. The lowest BCUT2D eigenvalue weighted by molar-refractivity contribution is -0.868. The van der Waals surface area contributed by atoms with Crippen LogP contribution in [-0.2, 0) is 12.0 Å². The van der Waals surface area contributed by atoms with Crippen molar-refractivity contribution in [1.29, 1.82) is 0 Å². The SMILES string of the molecule is CC(C)(C)c1cc(C[N+]2(C(=O)c3ccccc3)CCCCC2)n(-c2cccc(Cl)c2)n1. The molecule has 4 nitrogen and oxygen atoms in total. The van der Waals surface area contributed by atoms with E-state index < -0.39 is 0 Å². The van der Waals surface area contributed by atoms with Gasteiger partial charge in [-0.3, -0.25) is 4.48 Å². The number of aromatic nitrogens is 2. The second-order valence-electron chi connectivity index (χ2n) is 9.64. The smallest absolute Gasteiger partial charge is 0.251 e. The molecule has 4 rings (SSSR count). The number of carbonyl (C=O) groups is 1. The number of carbonyl (C=O) groups excluding carboxylic acids is 1. The van der Waals surface area contributed by atoms with Gasteiger partial charge in [-0.05, 0) is 55.7 Å². The molecule has 1 saturated heterocycles. The number of benzene rings is 2. The second-order valence-corrected chi connectivity index (χ2v) is 10.1. The predicted octanol–water partition coefficient (Wildman–Crippen LogP) is 6.16. The van der Waals surface area contributed by atoms with Crippen molar-refractivity contribution >= 4 is 17.5 Å². The van der Waals surface area contributed by atoms with Gasteiger partial charge in [0.1, 0.15) is 6.54 Å². The van der Waals surface area contributed by atoms with E-state index in [1.807, 2.05) is 59.3 Å². The zero-order valence-electron chi connectivity index (χ0n) is 18.6. The van der Waals surface area contributed by atoms with Crippen LogP contribution >= 0.6 is 11.6 Å². The average Bonchev–Trinajstić information content (AvgIpc) is 3.18. The van der Waals surface area contributed by atoms with Gasteiger partial charge in [-0.1, -0.05) is 56.6 Å². The van der Waals surface area contributed by atoms with Crippen molar-refractivity contribution in [1.82, 2.24) is 9.78 Å². The summed E-state index contributed by atoms with van der Waals surface area (Å²) in [6.45, 7) is 8.85. The minimum absolute atomic E-state index is 0.0885. The van der Waals surface area contributed by atoms with Gasteiger partial charge in [0.15, 0.2) is 0 Å². The summed E-state index contributed by atoms with van der Waals surface area (Å²) < 4.78 is 2.43. The number of amides is 1. The van der Waals surface area contributed by atoms with Crippen molar-refractivity contribution in [3.05, 3.63) is 82.6 Å². The van der Waals surface area contributed by atoms with Gasteiger partial charge < -0.3 is 0 Å². The number of hydrogen-bond donors (Lipinski definition) is 0. The molecule has 0 N–H and O–H groups in total. The molecule has 1 amide bonds. The average molecular weight is 437 g/mol. The number of nitrogens with zero attached hydrogens (tertiary/aromatic N) is 3. The molecule has 0 spiro atoms. The summed E-state index contributed by atoms with van der Waals surface area (Å²) in [5, 5.41) is 5.64. The van der Waals surface area contributed by atoms with Gasteiger partial charge in [0.2, 0.25) is 0 Å². The van der Waals surface area contributed by atoms with Crippen LogP contribution in [0.25, 0.3) is 5.69 Å². The van der Waals surface area contributed by atoms with E-state index in [4.69, 9.17) is 16.7 Å². The highest BCUT2D eigenvalue weighted by atomic mass is 35.5. The van der Waals surface area contributed by atoms with Crippen LogP contribution in [0.1, 0.15) is 61.8 Å². The minimum Gasteiger partial charge on any atom is -0.251 e. The lowest BCUT2D eigenvalue weighted by atomic mass is 9.92. The predicted molar refractivity (Wildman–Crippen MR) is 126 cm³/mol. The quantitative estimate of drug-likeness (QED) is 0.459. The van der Waals surface area contributed by atoms with E-state index in [1.54, 1.807) is 0 Å². The monoisotopic (exact) mass is 436 g/mol. The molecule has 2 heterocycles. The maximum absolute atomic E-state index is 13.8. The summed E-state index contributed by atoms with van der Waals surface area (Å²) >= 11 is 6.29. The fourth-order valence-corrected chi connectivity index (χ4v) is 4.63. The first kappa shape index (κ1) is 21.8. The Balaban J connectivity index is 1.80. The summed E-state index contributed by atoms with van der Waals surface area (Å²) in [5.41, 5.74) is 3.70. The van der Waals surface area contributed by atoms with Crippen molar-refractivity contribution in [2.45, 2.75) is 52.0 Å². The third kappa shape index (κ3) is 4.60. The number of rotatable bonds is 4. The Hall–Kier alpha value is -2.43. The molecule has 5 heteroatoms. The van der Waals surface area contributed by atoms with E-state index in [9.17, 15) is 4.79 Å². The van der Waals surface area contributed by atoms with Crippen LogP contribution in [0.5, 0.6) is 0 Å². The fourth-order valence-electron chi connectivity index (χ4n) is 4.45. The Morgan fingerprint density at radius 3 is 2.35 bits per heavy atom. The molecular weight excluding hydrogens is 406 g/mol. The van der Waals surface area contributed by atoms with E-state index >= 15 is 0 Å². The van der Waals surface area contributed by atoms with Crippen LogP contribution in [0.4, 0.5) is 0 Å². The third-order valence-corrected chi connectivity index (χ3v) is 6.43. The number of halogens is 1. The molecule has 1 aromatic heterocycles. The number of piperidine rings is 1. The Bertz CT molecular complexity index is 1060. The molecule has 31 heavy (non-hydrogen) atoms. The summed E-state index contributed by atoms with van der Waals surface area (Å²) in [6.07, 6.45) is 3.31. The van der Waals surface area contributed by atoms with Gasteiger partial charge in [0.05, 0.1) is 35.7 Å². The fraction of sp³-hybridized carbons (Fsp3) is 0.385. The van der Waals surface area contributed by atoms with Crippen LogP contribution in [-0.4, -0.2) is 33.3 Å². The lowest BCUT2D eigenvalue weighted by Crippen LogP contribution is -2.55. The molecular formula is C26H31ClN3O+. The molecule has 1 aliphatic rings. The van der Waals surface area contributed by atoms with Gasteiger partial charge in [0.25, 0.3) is 0 Å². The molecule has 0 aliphatic carbocycles. The maximum atomic E-state index is 13.8. The van der Waals surface area contributed by atoms with Gasteiger partial charge in [0, 0.05) is 10.4 Å². The molecule has 0 bridgehead atoms. The minimum atomic E-state index is -0.0885. The number of likely N-dealkylation sites (tertiary alicyclic amines) is 1. The number of hydrogen-bond acceptors (Lipinski definition) is 2.